The van der Waals surface area contributed by atoms with Crippen LogP contribution in [0.3, 0.4) is 0 Å². The van der Waals surface area contributed by atoms with Crippen LogP contribution >= 0.6 is 23.2 Å². The summed E-state index contributed by atoms with van der Waals surface area (Å²) >= 11 is 12.8. The maximum atomic E-state index is 13.6. The summed E-state index contributed by atoms with van der Waals surface area (Å²) in [5.74, 6) is 0.637. The monoisotopic (exact) mass is 576 g/mol. The fourth-order valence-electron chi connectivity index (χ4n) is 5.10. The summed E-state index contributed by atoms with van der Waals surface area (Å²) in [5.41, 5.74) is 1.66. The Balaban J connectivity index is 1.27. The van der Waals surface area contributed by atoms with Crippen molar-refractivity contribution in [3.05, 3.63) is 87.0 Å². The maximum absolute atomic E-state index is 13.6. The van der Waals surface area contributed by atoms with Gasteiger partial charge in [0.2, 0.25) is 11.7 Å². The van der Waals surface area contributed by atoms with Crippen LogP contribution < -0.4 is 10.9 Å². The molecule has 0 bridgehead atoms. The number of nitrogens with one attached hydrogen (secondary N) is 1. The molecule has 3 aromatic heterocycles. The van der Waals surface area contributed by atoms with Crippen LogP contribution in [0.5, 0.6) is 0 Å². The Kier molecular flexibility index (Phi) is 6.91. The molecule has 0 radical (unpaired) electrons. The molecular formula is C28H26Cl2N8O2. The zero-order valence-corrected chi connectivity index (χ0v) is 23.4. The van der Waals surface area contributed by atoms with E-state index in [1.165, 1.54) is 10.8 Å². The molecule has 10 nitrogen and oxygen atoms in total. The number of nitrogens with zero attached hydrogens (tertiary/aromatic N) is 7. The van der Waals surface area contributed by atoms with Crippen LogP contribution in [0.4, 0.5) is 11.6 Å². The first-order valence-electron chi connectivity index (χ1n) is 12.8. The van der Waals surface area contributed by atoms with Crippen LogP contribution in [-0.4, -0.2) is 72.9 Å². The summed E-state index contributed by atoms with van der Waals surface area (Å²) < 4.78 is 3.05. The van der Waals surface area contributed by atoms with Gasteiger partial charge in [0.05, 0.1) is 15.7 Å². The van der Waals surface area contributed by atoms with E-state index in [-0.39, 0.29) is 11.3 Å². The predicted octanol–water partition coefficient (Wildman–Crippen LogP) is 4.65. The lowest BCUT2D eigenvalue weighted by molar-refractivity contribution is 0.0663. The molecule has 1 aliphatic rings. The molecule has 1 fully saturated rings. The second-order valence-electron chi connectivity index (χ2n) is 9.93. The van der Waals surface area contributed by atoms with E-state index in [1.807, 2.05) is 17.0 Å². The SMILES string of the molecule is CN(C)C1CCN(C(=O)c2ccc(Nc3ncc4c(=O)n(-c5c(Cl)cccc5Cl)c5nccn5c4n3)cc2)CC1. The van der Waals surface area contributed by atoms with Crippen LogP contribution in [0.25, 0.3) is 22.5 Å². The third kappa shape index (κ3) is 4.68. The first kappa shape index (κ1) is 26.2. The van der Waals surface area contributed by atoms with Crippen molar-refractivity contribution in [2.75, 3.05) is 32.5 Å². The zero-order valence-electron chi connectivity index (χ0n) is 21.9. The Morgan fingerprint density at radius 2 is 1.73 bits per heavy atom. The van der Waals surface area contributed by atoms with Gasteiger partial charge in [0.25, 0.3) is 11.5 Å². The number of benzene rings is 2. The molecule has 0 saturated carbocycles. The Labute approximate surface area is 239 Å². The number of piperidine rings is 1. The van der Waals surface area contributed by atoms with E-state index in [2.05, 4.69) is 39.3 Å². The molecule has 0 unspecified atom stereocenters. The fraction of sp³-hybridized carbons (Fsp3) is 0.250. The van der Waals surface area contributed by atoms with Gasteiger partial charge < -0.3 is 15.1 Å². The summed E-state index contributed by atoms with van der Waals surface area (Å²) in [5, 5.41) is 4.07. The fourth-order valence-corrected chi connectivity index (χ4v) is 5.67. The lowest BCUT2D eigenvalue weighted by Gasteiger charge is -2.35. The smallest absolute Gasteiger partial charge is 0.270 e. The van der Waals surface area contributed by atoms with Crippen molar-refractivity contribution in [2.45, 2.75) is 18.9 Å². The molecule has 0 spiro atoms. The quantitative estimate of drug-likeness (QED) is 0.325. The van der Waals surface area contributed by atoms with Crippen LogP contribution in [0.15, 0.2) is 65.8 Å². The van der Waals surface area contributed by atoms with Crippen LogP contribution in [-0.2, 0) is 0 Å². The number of fused-ring (bicyclic) bond motifs is 3. The predicted molar refractivity (Wildman–Crippen MR) is 156 cm³/mol. The van der Waals surface area contributed by atoms with Gasteiger partial charge in [-0.2, -0.15) is 4.98 Å². The van der Waals surface area contributed by atoms with Crippen LogP contribution in [0, 0.1) is 0 Å². The summed E-state index contributed by atoms with van der Waals surface area (Å²) in [6.45, 7) is 1.50. The van der Waals surface area contributed by atoms with Crippen molar-refractivity contribution in [3.63, 3.8) is 0 Å². The van der Waals surface area contributed by atoms with Gasteiger partial charge in [-0.15, -0.1) is 0 Å². The number of amides is 1. The second kappa shape index (κ2) is 10.5. The molecule has 1 amide bonds. The van der Waals surface area contributed by atoms with Gasteiger partial charge in [-0.1, -0.05) is 29.3 Å². The largest absolute Gasteiger partial charge is 0.339 e. The molecule has 1 aliphatic heterocycles. The standard InChI is InChI=1S/C28H26Cl2N8O2/c1-35(2)19-10-13-36(14-11-19)25(39)17-6-8-18(9-7-17)33-27-32-16-20-24(34-27)37-15-12-31-28(37)38(26(20)40)23-21(29)4-3-5-22(23)30/h3-9,12,15-16,19H,10-11,13-14H2,1-2H3,(H,32,33,34). The Bertz CT molecular complexity index is 1770. The number of aromatic nitrogens is 5. The van der Waals surface area contributed by atoms with Gasteiger partial charge in [-0.25, -0.2) is 14.5 Å². The van der Waals surface area contributed by atoms with E-state index in [0.717, 1.165) is 25.9 Å². The van der Waals surface area contributed by atoms with Gasteiger partial charge in [0.15, 0.2) is 5.65 Å². The van der Waals surface area contributed by atoms with Crippen molar-refractivity contribution < 1.29 is 4.79 Å². The average Bonchev–Trinajstić information content (AvgIpc) is 3.45. The Morgan fingerprint density at radius 3 is 2.40 bits per heavy atom. The molecule has 40 heavy (non-hydrogen) atoms. The van der Waals surface area contributed by atoms with Crippen molar-refractivity contribution in [1.82, 2.24) is 33.7 Å². The minimum atomic E-state index is -0.396. The van der Waals surface area contributed by atoms with Crippen molar-refractivity contribution in [1.29, 1.82) is 0 Å². The number of hydrogen-bond acceptors (Lipinski definition) is 7. The van der Waals surface area contributed by atoms with Crippen LogP contribution in [0.2, 0.25) is 10.0 Å². The number of halogens is 2. The molecule has 1 N–H and O–H groups in total. The molecule has 6 rings (SSSR count). The first-order valence-corrected chi connectivity index (χ1v) is 13.6. The van der Waals surface area contributed by atoms with Gasteiger partial charge in [-0.05, 0) is 63.3 Å². The maximum Gasteiger partial charge on any atom is 0.270 e. The average molecular weight is 577 g/mol. The van der Waals surface area contributed by atoms with Gasteiger partial charge >= 0.3 is 0 Å². The number of para-hydroxylation sites is 1. The van der Waals surface area contributed by atoms with E-state index in [4.69, 9.17) is 23.2 Å². The number of hydrogen-bond donors (Lipinski definition) is 1. The highest BCUT2D eigenvalue weighted by molar-refractivity contribution is 6.37. The Morgan fingerprint density at radius 1 is 1.02 bits per heavy atom. The molecule has 2 aromatic carbocycles. The second-order valence-corrected chi connectivity index (χ2v) is 10.7. The van der Waals surface area contributed by atoms with E-state index in [0.29, 0.717) is 50.4 Å². The summed E-state index contributed by atoms with van der Waals surface area (Å²) in [6, 6.07) is 12.8. The normalized spacial score (nSPS) is 14.4. The Hall–Kier alpha value is -3.99. The van der Waals surface area contributed by atoms with Gasteiger partial charge in [0, 0.05) is 49.0 Å². The van der Waals surface area contributed by atoms with E-state index in [1.54, 1.807) is 47.1 Å². The zero-order chi connectivity index (χ0) is 28.0. The minimum Gasteiger partial charge on any atom is -0.339 e. The highest BCUT2D eigenvalue weighted by Gasteiger charge is 2.25. The molecular weight excluding hydrogens is 551 g/mol. The van der Waals surface area contributed by atoms with Crippen molar-refractivity contribution in [2.24, 2.45) is 0 Å². The molecule has 4 heterocycles. The lowest BCUT2D eigenvalue weighted by atomic mass is 10.0. The summed E-state index contributed by atoms with van der Waals surface area (Å²) in [6.07, 6.45) is 6.68. The van der Waals surface area contributed by atoms with E-state index >= 15 is 0 Å². The number of carbonyl (C=O) groups excluding carboxylic acids is 1. The molecule has 1 saturated heterocycles. The molecule has 5 aromatic rings. The molecule has 12 heteroatoms. The van der Waals surface area contributed by atoms with Crippen molar-refractivity contribution >= 4 is 57.6 Å². The van der Waals surface area contributed by atoms with Gasteiger partial charge in [0.1, 0.15) is 5.39 Å². The third-order valence-electron chi connectivity index (χ3n) is 7.28. The van der Waals surface area contributed by atoms with Gasteiger partial charge in [-0.3, -0.25) is 14.0 Å². The number of anilines is 2. The molecule has 0 atom stereocenters. The number of carbonyl (C=O) groups is 1. The number of imidazole rings is 1. The van der Waals surface area contributed by atoms with Crippen LogP contribution in [0.1, 0.15) is 23.2 Å². The summed E-state index contributed by atoms with van der Waals surface area (Å²) in [4.78, 5) is 44.0. The lowest BCUT2D eigenvalue weighted by Crippen LogP contribution is -2.44. The third-order valence-corrected chi connectivity index (χ3v) is 7.89. The topological polar surface area (TPSA) is 101 Å². The van der Waals surface area contributed by atoms with E-state index in [9.17, 15) is 9.59 Å². The minimum absolute atomic E-state index is 0.0307. The molecule has 0 aliphatic carbocycles. The van der Waals surface area contributed by atoms with Crippen molar-refractivity contribution in [3.8, 4) is 5.69 Å². The number of likely N-dealkylation sites (tertiary alicyclic amines) is 1. The summed E-state index contributed by atoms with van der Waals surface area (Å²) in [7, 11) is 4.16. The highest BCUT2D eigenvalue weighted by atomic mass is 35.5. The highest BCUT2D eigenvalue weighted by Crippen LogP contribution is 2.29. The van der Waals surface area contributed by atoms with E-state index < -0.39 is 5.56 Å². The first-order chi connectivity index (χ1) is 19.3. The number of rotatable bonds is 5. The molecule has 204 valence electrons.